The SMILES string of the molecule is CC(C)CCN1C(=C/C=C2\CCC(=C/C=C3/N(CCC(C)C)c4ccc5ccccc5c4C3(C)Cc3ccccc3)C2=[S+]c2ccc(C(=O)O)cc2)C(C)(Cc2ccccc2)c2c1ccc1ccccc21. The topological polar surface area (TPSA) is 43.8 Å². The molecule has 2 unspecified atom stereocenters. The number of hydrogen-bond acceptors (Lipinski definition) is 3. The highest BCUT2D eigenvalue weighted by Gasteiger charge is 2.46. The van der Waals surface area contributed by atoms with Crippen molar-refractivity contribution in [3.63, 3.8) is 0 Å². The van der Waals surface area contributed by atoms with Crippen LogP contribution < -0.4 is 9.80 Å². The van der Waals surface area contributed by atoms with Crippen molar-refractivity contribution in [3.8, 4) is 0 Å². The molecule has 0 aromatic heterocycles. The number of allylic oxidation sites excluding steroid dienone is 8. The summed E-state index contributed by atoms with van der Waals surface area (Å²) in [5, 5.41) is 15.0. The molecule has 358 valence electrons. The van der Waals surface area contributed by atoms with Crippen LogP contribution in [-0.4, -0.2) is 29.0 Å². The lowest BCUT2D eigenvalue weighted by Crippen LogP contribution is -2.31. The zero-order valence-corrected chi connectivity index (χ0v) is 43.1. The van der Waals surface area contributed by atoms with Crippen LogP contribution >= 0.6 is 0 Å². The summed E-state index contributed by atoms with van der Waals surface area (Å²) in [6.45, 7) is 16.1. The quantitative estimate of drug-likeness (QED) is 0.0670. The van der Waals surface area contributed by atoms with Crippen molar-refractivity contribution in [2.45, 2.75) is 95.8 Å². The first-order chi connectivity index (χ1) is 34.4. The van der Waals surface area contributed by atoms with Crippen molar-refractivity contribution in [1.82, 2.24) is 0 Å². The summed E-state index contributed by atoms with van der Waals surface area (Å²) in [4.78, 5) is 19.5. The maximum absolute atomic E-state index is 12.0. The number of benzene rings is 7. The summed E-state index contributed by atoms with van der Waals surface area (Å²) in [5.74, 6) is 0.204. The van der Waals surface area contributed by atoms with Crippen LogP contribution in [0.2, 0.25) is 0 Å². The zero-order valence-electron chi connectivity index (χ0n) is 42.3. The van der Waals surface area contributed by atoms with Crippen LogP contribution in [0.3, 0.4) is 0 Å². The Balaban J connectivity index is 1.14. The number of nitrogens with zero attached hydrogens (tertiary/aromatic N) is 2. The summed E-state index contributed by atoms with van der Waals surface area (Å²) in [6, 6.07) is 56.6. The van der Waals surface area contributed by atoms with Crippen molar-refractivity contribution in [3.05, 3.63) is 232 Å². The lowest BCUT2D eigenvalue weighted by Gasteiger charge is -2.31. The molecule has 0 bridgehead atoms. The molecule has 0 spiro atoms. The number of hydrogen-bond donors (Lipinski definition) is 1. The van der Waals surface area contributed by atoms with Crippen LogP contribution in [0, 0.1) is 11.8 Å². The van der Waals surface area contributed by atoms with Crippen LogP contribution in [0.5, 0.6) is 0 Å². The van der Waals surface area contributed by atoms with Crippen LogP contribution in [0.15, 0.2) is 209 Å². The number of carboxylic acid groups (broad SMARTS) is 1. The molecule has 71 heavy (non-hydrogen) atoms. The molecule has 1 fully saturated rings. The second-order valence-corrected chi connectivity index (χ2v) is 22.4. The van der Waals surface area contributed by atoms with Gasteiger partial charge in [-0.15, -0.1) is 0 Å². The fraction of sp³-hybridized carbons (Fsp3) is 0.273. The predicted molar refractivity (Wildman–Crippen MR) is 302 cm³/mol. The van der Waals surface area contributed by atoms with E-state index in [0.717, 1.165) is 56.5 Å². The minimum atomic E-state index is -0.911. The molecule has 3 aliphatic rings. The van der Waals surface area contributed by atoms with Crippen molar-refractivity contribution in [2.24, 2.45) is 11.8 Å². The van der Waals surface area contributed by atoms with Crippen molar-refractivity contribution >= 4 is 55.1 Å². The summed E-state index contributed by atoms with van der Waals surface area (Å²) in [5.41, 5.74) is 13.1. The first-order valence-corrected chi connectivity index (χ1v) is 26.6. The molecule has 7 aromatic rings. The van der Waals surface area contributed by atoms with Gasteiger partial charge in [0.05, 0.1) is 5.56 Å². The lowest BCUT2D eigenvalue weighted by atomic mass is 9.74. The molecule has 1 aliphatic carbocycles. The molecule has 1 N–H and O–H groups in total. The van der Waals surface area contributed by atoms with Gasteiger partial charge in [0, 0.05) is 70.0 Å². The van der Waals surface area contributed by atoms with Gasteiger partial charge < -0.3 is 14.9 Å². The third kappa shape index (κ3) is 9.45. The molecule has 7 aromatic carbocycles. The molecule has 10 rings (SSSR count). The van der Waals surface area contributed by atoms with E-state index in [9.17, 15) is 9.90 Å². The van der Waals surface area contributed by atoms with E-state index in [2.05, 4.69) is 209 Å². The summed E-state index contributed by atoms with van der Waals surface area (Å²) in [6.07, 6.45) is 15.6. The molecule has 5 heteroatoms. The van der Waals surface area contributed by atoms with E-state index in [-0.39, 0.29) is 10.8 Å². The minimum absolute atomic E-state index is 0.294. The molecule has 2 heterocycles. The molecule has 4 nitrogen and oxygen atoms in total. The van der Waals surface area contributed by atoms with E-state index in [1.807, 2.05) is 12.1 Å². The van der Waals surface area contributed by atoms with Gasteiger partial charge in [-0.25, -0.2) is 4.79 Å². The highest BCUT2D eigenvalue weighted by Crippen LogP contribution is 2.54. The molecule has 0 saturated heterocycles. The number of carbonyl (C=O) groups is 1. The van der Waals surface area contributed by atoms with Gasteiger partial charge in [0.1, 0.15) is 0 Å². The van der Waals surface area contributed by atoms with E-state index >= 15 is 0 Å². The van der Waals surface area contributed by atoms with Crippen molar-refractivity contribution in [2.75, 3.05) is 22.9 Å². The lowest BCUT2D eigenvalue weighted by molar-refractivity contribution is 0.0696. The van der Waals surface area contributed by atoms with Gasteiger partial charge in [-0.1, -0.05) is 161 Å². The van der Waals surface area contributed by atoms with E-state index in [1.54, 1.807) is 23.5 Å². The number of anilines is 2. The summed E-state index contributed by atoms with van der Waals surface area (Å²) in [7, 11) is 0. The van der Waals surface area contributed by atoms with E-state index in [0.29, 0.717) is 17.4 Å². The van der Waals surface area contributed by atoms with Gasteiger partial charge in [-0.2, -0.15) is 0 Å². The molecular weight excluding hydrogens is 885 g/mol. The highest BCUT2D eigenvalue weighted by atomic mass is 32.1. The molecular formula is C66H67N2O2S+. The van der Waals surface area contributed by atoms with Crippen LogP contribution in [0.25, 0.3) is 21.5 Å². The van der Waals surface area contributed by atoms with Crippen LogP contribution in [0.1, 0.15) is 99.8 Å². The monoisotopic (exact) mass is 951 g/mol. The van der Waals surface area contributed by atoms with Gasteiger partial charge in [-0.3, -0.25) is 0 Å². The third-order valence-electron chi connectivity index (χ3n) is 15.3. The maximum atomic E-state index is 12.0. The Morgan fingerprint density at radius 3 is 1.39 bits per heavy atom. The van der Waals surface area contributed by atoms with Crippen molar-refractivity contribution in [1.29, 1.82) is 0 Å². The fourth-order valence-electron chi connectivity index (χ4n) is 11.7. The Labute approximate surface area is 425 Å². The number of fused-ring (bicyclic) bond motifs is 6. The Hall–Kier alpha value is -6.82. The van der Waals surface area contributed by atoms with Crippen molar-refractivity contribution < 1.29 is 9.90 Å². The Morgan fingerprint density at radius 1 is 0.549 bits per heavy atom. The first kappa shape index (κ1) is 47.8. The smallest absolute Gasteiger partial charge is 0.335 e. The standard InChI is InChI=1S/C66H66N2O2S/c1-45(2)39-41-67-57-35-29-49-21-13-15-23-55(49)61(57)65(5,43-47-17-9-7-10-18-47)59(67)37-31-51-25-26-52(63(51)71-54-33-27-53(28-34-54)64(69)70)32-38-60-66(6,44-48-19-11-8-12-20-48)62-56-24-16-14-22-50(56)30-36-58(62)68(60)42-40-46(3)4/h7-24,27-38,45-46H,25-26,39-44H2,1-6H3/p+1/b51-31+,52-32?,59-37?,60-38+. The van der Waals surface area contributed by atoms with Gasteiger partial charge in [-0.05, 0) is 144 Å². The second kappa shape index (κ2) is 20.1. The molecule has 0 amide bonds. The average Bonchev–Trinajstić information content (AvgIpc) is 3.95. The van der Waals surface area contributed by atoms with Gasteiger partial charge in [0.25, 0.3) is 0 Å². The Morgan fingerprint density at radius 2 is 0.972 bits per heavy atom. The largest absolute Gasteiger partial charge is 0.478 e. The number of carboxylic acids is 1. The minimum Gasteiger partial charge on any atom is -0.478 e. The van der Waals surface area contributed by atoms with Crippen LogP contribution in [0.4, 0.5) is 11.4 Å². The molecule has 2 aliphatic heterocycles. The Bertz CT molecular complexity index is 3080. The molecule has 1 saturated carbocycles. The molecule has 0 radical (unpaired) electrons. The number of rotatable bonds is 14. The van der Waals surface area contributed by atoms with E-state index < -0.39 is 5.97 Å². The Kier molecular flexibility index (Phi) is 13.6. The summed E-state index contributed by atoms with van der Waals surface area (Å²) < 4.78 is 0. The van der Waals surface area contributed by atoms with Crippen LogP contribution in [-0.2, 0) is 35.0 Å². The van der Waals surface area contributed by atoms with Gasteiger partial charge in [0.2, 0.25) is 21.1 Å². The average molecular weight is 952 g/mol. The van der Waals surface area contributed by atoms with Gasteiger partial charge >= 0.3 is 5.97 Å². The zero-order chi connectivity index (χ0) is 49.3. The van der Waals surface area contributed by atoms with E-state index in [4.69, 9.17) is 0 Å². The normalized spacial score (nSPS) is 21.6. The highest BCUT2D eigenvalue weighted by molar-refractivity contribution is 7.79. The second-order valence-electron chi connectivity index (χ2n) is 21.3. The van der Waals surface area contributed by atoms with E-state index in [1.165, 1.54) is 82.6 Å². The third-order valence-corrected chi connectivity index (χ3v) is 16.6. The predicted octanol–water partition coefficient (Wildman–Crippen LogP) is 15.9. The number of aromatic carboxylic acids is 1. The molecule has 2 atom stereocenters. The maximum Gasteiger partial charge on any atom is 0.335 e. The first-order valence-electron chi connectivity index (χ1n) is 25.8. The summed E-state index contributed by atoms with van der Waals surface area (Å²) >= 11 is 1.77. The fourth-order valence-corrected chi connectivity index (χ4v) is 12.8. The van der Waals surface area contributed by atoms with Gasteiger partial charge in [0.15, 0.2) is 0 Å².